The Balaban J connectivity index is 0.000000147. The monoisotopic (exact) mass is 1620 g/mol. The summed E-state index contributed by atoms with van der Waals surface area (Å²) < 4.78 is 30.2. The van der Waals surface area contributed by atoms with Gasteiger partial charge in [-0.15, -0.1) is 40.8 Å². The number of aromatic nitrogens is 16. The minimum atomic E-state index is 0.0200. The fraction of sp³-hybridized carbons (Fsp3) is 0.395. The van der Waals surface area contributed by atoms with Gasteiger partial charge >= 0.3 is 0 Å². The normalized spacial score (nSPS) is 17.5. The zero-order valence-electron chi connectivity index (χ0n) is 61.6. The topological polar surface area (TPSA) is 334 Å². The maximum absolute atomic E-state index is 10.6. The summed E-state index contributed by atoms with van der Waals surface area (Å²) in [5.74, 6) is 5.58. The van der Waals surface area contributed by atoms with E-state index in [9.17, 15) is 10.2 Å². The quantitative estimate of drug-likeness (QED) is 0.0364. The van der Waals surface area contributed by atoms with Gasteiger partial charge < -0.3 is 64.5 Å². The number of pyridine rings is 4. The van der Waals surface area contributed by atoms with E-state index in [0.717, 1.165) is 133 Å². The van der Waals surface area contributed by atoms with E-state index in [-0.39, 0.29) is 31.3 Å². The predicted molar refractivity (Wildman–Crippen MR) is 424 cm³/mol. The van der Waals surface area contributed by atoms with Crippen LogP contribution in [0.4, 0.5) is 17.5 Å². The van der Waals surface area contributed by atoms with Gasteiger partial charge in [-0.2, -0.15) is 10.2 Å². The van der Waals surface area contributed by atoms with Crippen LogP contribution in [-0.2, 0) is 14.2 Å². The third-order valence-corrected chi connectivity index (χ3v) is 19.2. The number of hydrogen-bond acceptors (Lipinski definition) is 27. The first-order chi connectivity index (χ1) is 52.4. The van der Waals surface area contributed by atoms with Gasteiger partial charge in [0.25, 0.3) is 0 Å². The van der Waals surface area contributed by atoms with Crippen LogP contribution in [0.3, 0.4) is 0 Å². The summed E-state index contributed by atoms with van der Waals surface area (Å²) in [4.78, 5) is 24.3. The van der Waals surface area contributed by atoms with Crippen LogP contribution in [0.25, 0.3) is 69.9 Å². The highest BCUT2D eigenvalue weighted by molar-refractivity contribution is 9.10. The lowest BCUT2D eigenvalue weighted by Crippen LogP contribution is -2.53. The molecule has 29 nitrogen and oxygen atoms in total. The molecule has 0 saturated carbocycles. The molecule has 0 radical (unpaired) electrons. The molecule has 32 heteroatoms. The molecule has 10 aromatic heterocycles. The van der Waals surface area contributed by atoms with Gasteiger partial charge in [0.2, 0.25) is 0 Å². The molecule has 108 heavy (non-hydrogen) atoms. The average Bonchev–Trinajstić information content (AvgIpc) is 0.984. The van der Waals surface area contributed by atoms with Crippen molar-refractivity contribution in [3.63, 3.8) is 0 Å². The highest BCUT2D eigenvalue weighted by Gasteiger charge is 2.27. The smallest absolute Gasteiger partial charge is 0.188 e. The second-order valence-electron chi connectivity index (χ2n) is 27.0. The number of methoxy groups -OCH3 is 2. The molecule has 4 fully saturated rings. The Morgan fingerprint density at radius 2 is 0.954 bits per heavy atom. The van der Waals surface area contributed by atoms with Crippen LogP contribution < -0.4 is 40.1 Å². The number of nitrogens with zero attached hydrogens (tertiary/aromatic N) is 18. The number of hydrogen-bond donors (Lipinski definition) is 6. The van der Waals surface area contributed by atoms with Gasteiger partial charge in [-0.1, -0.05) is 77.4 Å². The van der Waals surface area contributed by atoms with Crippen molar-refractivity contribution in [1.29, 1.82) is 0 Å². The van der Waals surface area contributed by atoms with Crippen molar-refractivity contribution in [3.05, 3.63) is 159 Å². The lowest BCUT2D eigenvalue weighted by Gasteiger charge is -2.36. The van der Waals surface area contributed by atoms with E-state index in [1.165, 1.54) is 0 Å². The van der Waals surface area contributed by atoms with E-state index < -0.39 is 0 Å². The molecule has 0 aliphatic carbocycles. The standard InChI is InChI=1S/C26H33N7O2.C21H25N7O.C18H24BrN5O2.C11H9BrClN3O2/c1-18(2)22-17-32(11-10-27-22)24-9-8-21(30-31-24)26-23(34)13-19(14-28-26)6-7-20-15-29-33(16-20)25-5-3-4-12-35-25;1-14(2)18-13-28(8-7-22-18)20-6-5-17(26-27-20)21-19(29)9-15(10-23-21)3-4-16-11-24-25-12-16;1-12(2)15-10-24(7-6-20-15)17-5-4-14(22-23-17)18-16(26-11-25-3)8-13(19)9-21-18;1-17-6-18-9-4-7(12)5-14-11(9)8-2-3-10(13)16-15-8/h6-9,13-16,18,22,25,27,34H,3-5,10-12,17H2,1-2H3;3-6,9-12,14,18,22,29H,7-8,13H2,1-2H3,(H,24,25);4-5,8-9,12,15,20H,6-7,10-11H2,1-3H3;2-5H,6H2,1H3/b7-6+;4-3+;;. The molecule has 0 aromatic carbocycles. The summed E-state index contributed by atoms with van der Waals surface area (Å²) in [7, 11) is 3.13. The summed E-state index contributed by atoms with van der Waals surface area (Å²) >= 11 is 12.4. The Kier molecular flexibility index (Phi) is 29.1. The second kappa shape index (κ2) is 39.5. The molecule has 14 rings (SSSR count). The number of rotatable bonds is 21. The van der Waals surface area contributed by atoms with Crippen molar-refractivity contribution in [1.82, 2.24) is 96.7 Å². The third-order valence-electron chi connectivity index (χ3n) is 18.2. The second-order valence-corrected chi connectivity index (χ2v) is 29.2. The number of halogens is 3. The first-order valence-corrected chi connectivity index (χ1v) is 37.8. The van der Waals surface area contributed by atoms with E-state index in [4.69, 9.17) is 35.3 Å². The highest BCUT2D eigenvalue weighted by atomic mass is 79.9. The van der Waals surface area contributed by atoms with Crippen molar-refractivity contribution in [3.8, 4) is 68.5 Å². The number of piperazine rings is 3. The van der Waals surface area contributed by atoms with E-state index in [0.29, 0.717) is 98.1 Å². The Morgan fingerprint density at radius 1 is 0.519 bits per heavy atom. The molecule has 14 heterocycles. The zero-order valence-corrected chi connectivity index (χ0v) is 65.6. The molecule has 4 aliphatic rings. The van der Waals surface area contributed by atoms with Gasteiger partial charge in [-0.3, -0.25) is 5.10 Å². The highest BCUT2D eigenvalue weighted by Crippen LogP contribution is 2.34. The first kappa shape index (κ1) is 79.5. The molecule has 4 atom stereocenters. The maximum Gasteiger partial charge on any atom is 0.188 e. The minimum Gasteiger partial charge on any atom is -0.506 e. The van der Waals surface area contributed by atoms with E-state index >= 15 is 0 Å². The van der Waals surface area contributed by atoms with Crippen molar-refractivity contribution in [2.24, 2.45) is 17.8 Å². The van der Waals surface area contributed by atoms with Crippen LogP contribution >= 0.6 is 43.5 Å². The van der Waals surface area contributed by atoms with E-state index in [2.05, 4.69) is 180 Å². The third kappa shape index (κ3) is 22.3. The van der Waals surface area contributed by atoms with Crippen LogP contribution in [-0.4, -0.2) is 202 Å². The molecule has 4 unspecified atom stereocenters. The van der Waals surface area contributed by atoms with Crippen molar-refractivity contribution < 1.29 is 33.9 Å². The summed E-state index contributed by atoms with van der Waals surface area (Å²) in [5, 5.41) is 77.1. The fourth-order valence-corrected chi connectivity index (χ4v) is 12.8. The number of H-pyrrole nitrogens is 1. The summed E-state index contributed by atoms with van der Waals surface area (Å²) in [6.07, 6.45) is 25.0. The van der Waals surface area contributed by atoms with E-state index in [1.807, 2.05) is 83.8 Å². The molecule has 568 valence electrons. The SMILES string of the molecule is CC(C)C1CN(c2ccc(-c3ncc(/C=C/c4cn[nH]c4)cc3O)nn2)CCN1.CC(C)C1CN(c2ccc(-c3ncc(/C=C/c4cnn(C5CCCCO5)c4)cc3O)nn2)CCN1.COCOc1cc(Br)cnc1-c1ccc(Cl)nn1.COCOc1cc(Br)cnc1-c1ccc(N2CCNC(C(C)C)C2)nn1. The number of aromatic hydroxyl groups is 2. The zero-order chi connectivity index (χ0) is 75.9. The first-order valence-electron chi connectivity index (χ1n) is 35.9. The maximum atomic E-state index is 10.6. The largest absolute Gasteiger partial charge is 0.506 e. The van der Waals surface area contributed by atoms with E-state index in [1.54, 1.807) is 81.7 Å². The molecule has 0 bridgehead atoms. The Bertz CT molecular complexity index is 4500. The van der Waals surface area contributed by atoms with Gasteiger partial charge in [0.15, 0.2) is 47.7 Å². The van der Waals surface area contributed by atoms with Crippen LogP contribution in [0.1, 0.15) is 89.3 Å². The molecule has 0 spiro atoms. The molecule has 4 aliphatic heterocycles. The summed E-state index contributed by atoms with van der Waals surface area (Å²) in [6.45, 7) is 22.7. The van der Waals surface area contributed by atoms with Crippen molar-refractivity contribution in [2.45, 2.75) is 85.2 Å². The van der Waals surface area contributed by atoms with Crippen LogP contribution in [0.15, 0.2) is 131 Å². The fourth-order valence-electron chi connectivity index (χ4n) is 12.1. The molecular weight excluding hydrogens is 1530 g/mol. The number of aromatic amines is 1. The molecule has 6 N–H and O–H groups in total. The summed E-state index contributed by atoms with van der Waals surface area (Å²) in [5.41, 5.74) is 7.91. The van der Waals surface area contributed by atoms with Crippen LogP contribution in [0.5, 0.6) is 23.0 Å². The van der Waals surface area contributed by atoms with Crippen molar-refractivity contribution >= 4 is 85.2 Å². The molecular formula is C76H91Br2ClN22O7. The number of nitrogens with one attached hydrogen (secondary N) is 4. The Hall–Kier alpha value is -9.57. The van der Waals surface area contributed by atoms with Gasteiger partial charge in [0.1, 0.15) is 63.3 Å². The van der Waals surface area contributed by atoms with Gasteiger partial charge in [-0.25, -0.2) is 24.6 Å². The molecule has 0 amide bonds. The van der Waals surface area contributed by atoms with Gasteiger partial charge in [0.05, 0.1) is 12.4 Å². The molecule has 4 saturated heterocycles. The summed E-state index contributed by atoms with van der Waals surface area (Å²) in [6, 6.07) is 23.3. The van der Waals surface area contributed by atoms with Crippen LogP contribution in [0, 0.1) is 17.8 Å². The number of ether oxygens (including phenoxy) is 5. The van der Waals surface area contributed by atoms with Crippen molar-refractivity contribution in [2.75, 3.05) is 108 Å². The lowest BCUT2D eigenvalue weighted by atomic mass is 10.0. The predicted octanol–water partition coefficient (Wildman–Crippen LogP) is 12.0. The average molecular weight is 1620 g/mol. The molecule has 10 aromatic rings. The number of anilines is 3. The van der Waals surface area contributed by atoms with Crippen LogP contribution in [0.2, 0.25) is 5.15 Å². The Labute approximate surface area is 650 Å². The Morgan fingerprint density at radius 3 is 1.34 bits per heavy atom. The minimum absolute atomic E-state index is 0.0200. The lowest BCUT2D eigenvalue weighted by molar-refractivity contribution is -0.0394. The van der Waals surface area contributed by atoms with Gasteiger partial charge in [0, 0.05) is 155 Å². The van der Waals surface area contributed by atoms with Gasteiger partial charge in [-0.05, 0) is 153 Å².